The molecule has 3 aromatic rings. The molecule has 0 bridgehead atoms. The highest BCUT2D eigenvalue weighted by Gasteiger charge is 2.49. The molecule has 5 rings (SSSR count). The van der Waals surface area contributed by atoms with Gasteiger partial charge in [-0.3, -0.25) is 0 Å². The molecule has 3 heterocycles. The van der Waals surface area contributed by atoms with Crippen molar-refractivity contribution in [2.45, 2.75) is 24.5 Å². The van der Waals surface area contributed by atoms with Crippen LogP contribution in [0.1, 0.15) is 0 Å². The van der Waals surface area contributed by atoms with Crippen LogP contribution in [0.15, 0.2) is 35.1 Å². The molecule has 4 atom stereocenters. The number of hydrogen-bond donors (Lipinski definition) is 1. The van der Waals surface area contributed by atoms with Gasteiger partial charge in [-0.2, -0.15) is 0 Å². The van der Waals surface area contributed by atoms with Gasteiger partial charge in [0.25, 0.3) is 0 Å². The van der Waals surface area contributed by atoms with Crippen molar-refractivity contribution < 1.29 is 32.1 Å². The van der Waals surface area contributed by atoms with Crippen molar-refractivity contribution in [3.05, 3.63) is 46.7 Å². The summed E-state index contributed by atoms with van der Waals surface area (Å²) in [6.45, 7) is 0.160. The minimum absolute atomic E-state index is 0.0260. The first kappa shape index (κ1) is 21.2. The fourth-order valence-electron chi connectivity index (χ4n) is 3.88. The maximum atomic E-state index is 14.3. The van der Waals surface area contributed by atoms with Crippen molar-refractivity contribution in [3.8, 4) is 11.5 Å². The lowest BCUT2D eigenvalue weighted by molar-refractivity contribution is 0.0271. The first-order valence-corrected chi connectivity index (χ1v) is 10.5. The van der Waals surface area contributed by atoms with Crippen molar-refractivity contribution in [3.63, 3.8) is 0 Å². The lowest BCUT2D eigenvalue weighted by Gasteiger charge is -2.20. The summed E-state index contributed by atoms with van der Waals surface area (Å²) in [5.74, 6) is -0.464. The maximum Gasteiger partial charge on any atom is 0.164 e. The lowest BCUT2D eigenvalue weighted by Crippen LogP contribution is -2.33. The minimum atomic E-state index is -1.18. The summed E-state index contributed by atoms with van der Waals surface area (Å²) in [7, 11) is 1.47. The maximum absolute atomic E-state index is 14.3. The molecule has 2 aromatic carbocycles. The third kappa shape index (κ3) is 3.74. The van der Waals surface area contributed by atoms with E-state index in [2.05, 4.69) is 31.2 Å². The van der Waals surface area contributed by atoms with E-state index in [1.807, 2.05) is 0 Å². The molecule has 1 unspecified atom stereocenters. The Morgan fingerprint density at radius 3 is 2.66 bits per heavy atom. The Morgan fingerprint density at radius 2 is 1.88 bits per heavy atom. The van der Waals surface area contributed by atoms with Crippen molar-refractivity contribution >= 4 is 38.3 Å². The third-order valence-corrected chi connectivity index (χ3v) is 6.02. The van der Waals surface area contributed by atoms with Gasteiger partial charge in [0.1, 0.15) is 30.2 Å². The number of ether oxygens (including phenoxy) is 4. The summed E-state index contributed by atoms with van der Waals surface area (Å²) in [6.07, 6.45) is -1.53. The van der Waals surface area contributed by atoms with Gasteiger partial charge in [0, 0.05) is 22.0 Å². The number of nitrogens with one attached hydrogen (secondary N) is 1. The van der Waals surface area contributed by atoms with Gasteiger partial charge in [0.15, 0.2) is 29.6 Å². The molecular formula is C21H17BrF3N3O4. The van der Waals surface area contributed by atoms with E-state index in [4.69, 9.17) is 18.9 Å². The Balaban J connectivity index is 1.48. The van der Waals surface area contributed by atoms with Crippen LogP contribution in [0.3, 0.4) is 0 Å². The van der Waals surface area contributed by atoms with Gasteiger partial charge in [-0.1, -0.05) is 0 Å². The number of alkyl halides is 1. The number of methoxy groups -OCH3 is 1. The van der Waals surface area contributed by atoms with Gasteiger partial charge in [-0.05, 0) is 28.1 Å². The Labute approximate surface area is 189 Å². The third-order valence-electron chi connectivity index (χ3n) is 5.40. The topological polar surface area (TPSA) is 74.7 Å². The van der Waals surface area contributed by atoms with Crippen LogP contribution in [0, 0.1) is 11.6 Å². The highest BCUT2D eigenvalue weighted by Crippen LogP contribution is 2.39. The van der Waals surface area contributed by atoms with Gasteiger partial charge in [0.2, 0.25) is 0 Å². The number of nitrogens with zero attached hydrogens (tertiary/aromatic N) is 2. The monoisotopic (exact) mass is 511 g/mol. The number of hydrogen-bond acceptors (Lipinski definition) is 7. The zero-order valence-electron chi connectivity index (χ0n) is 16.6. The number of aromatic nitrogens is 2. The van der Waals surface area contributed by atoms with E-state index in [0.29, 0.717) is 22.4 Å². The Hall–Kier alpha value is -2.63. The van der Waals surface area contributed by atoms with Crippen LogP contribution in [-0.4, -0.2) is 54.8 Å². The number of halogens is 4. The van der Waals surface area contributed by atoms with E-state index in [-0.39, 0.29) is 29.2 Å². The Morgan fingerprint density at radius 1 is 1.06 bits per heavy atom. The van der Waals surface area contributed by atoms with Crippen LogP contribution in [-0.2, 0) is 9.47 Å². The van der Waals surface area contributed by atoms with Crippen LogP contribution in [0.4, 0.5) is 24.7 Å². The van der Waals surface area contributed by atoms with Crippen LogP contribution in [0.25, 0.3) is 10.9 Å². The number of anilines is 2. The quantitative estimate of drug-likeness (QED) is 0.547. The van der Waals surface area contributed by atoms with Crippen molar-refractivity contribution in [1.29, 1.82) is 0 Å². The highest BCUT2D eigenvalue weighted by atomic mass is 79.9. The van der Waals surface area contributed by atoms with E-state index in [1.54, 1.807) is 12.1 Å². The number of rotatable bonds is 5. The molecule has 0 radical (unpaired) electrons. The zero-order chi connectivity index (χ0) is 22.4. The summed E-state index contributed by atoms with van der Waals surface area (Å²) in [4.78, 5) is 8.44. The second kappa shape index (κ2) is 8.38. The zero-order valence-corrected chi connectivity index (χ0v) is 18.2. The second-order valence-electron chi connectivity index (χ2n) is 7.38. The molecule has 2 saturated heterocycles. The minimum Gasteiger partial charge on any atom is -0.493 e. The summed E-state index contributed by atoms with van der Waals surface area (Å²) >= 11 is 3.15. The first-order valence-electron chi connectivity index (χ1n) is 9.73. The second-order valence-corrected chi connectivity index (χ2v) is 8.23. The summed E-state index contributed by atoms with van der Waals surface area (Å²) in [6, 6.07) is 5.20. The molecule has 2 aliphatic heterocycles. The van der Waals surface area contributed by atoms with Gasteiger partial charge in [-0.15, -0.1) is 0 Å². The van der Waals surface area contributed by atoms with Crippen molar-refractivity contribution in [1.82, 2.24) is 9.97 Å². The van der Waals surface area contributed by atoms with Crippen LogP contribution < -0.4 is 14.8 Å². The van der Waals surface area contributed by atoms with E-state index in [9.17, 15) is 13.2 Å². The largest absolute Gasteiger partial charge is 0.493 e. The molecule has 0 aliphatic carbocycles. The van der Waals surface area contributed by atoms with Crippen LogP contribution in [0.2, 0.25) is 0 Å². The molecule has 2 aliphatic rings. The SMILES string of the molecule is COc1cc2c(Nc3c(F)cc(F)cc3Br)ncnc2cc1OC1CO[C@H]2[C@H](F)CO[C@@H]12. The molecule has 7 nitrogen and oxygen atoms in total. The van der Waals surface area contributed by atoms with Crippen molar-refractivity contribution in [2.24, 2.45) is 0 Å². The highest BCUT2D eigenvalue weighted by molar-refractivity contribution is 9.10. The van der Waals surface area contributed by atoms with E-state index in [1.165, 1.54) is 13.4 Å². The molecular weight excluding hydrogens is 495 g/mol. The predicted octanol–water partition coefficient (Wildman–Crippen LogP) is 4.31. The van der Waals surface area contributed by atoms with Gasteiger partial charge in [-0.25, -0.2) is 23.1 Å². The molecule has 168 valence electrons. The number of benzene rings is 2. The standard InChI is InChI=1S/C21H17BrF3N3O4/c1-29-15-4-10-14(5-16(15)32-17-7-31-19-13(25)6-30-20(17)19)26-8-27-21(10)28-18-11(22)2-9(23)3-12(18)24/h2-5,8,13,17,19-20H,6-7H2,1H3,(H,26,27,28)/t13-,17?,19+,20+/m1/s1. The molecule has 11 heteroatoms. The molecule has 32 heavy (non-hydrogen) atoms. The fraction of sp³-hybridized carbons (Fsp3) is 0.333. The normalized spacial score (nSPS) is 24.5. The smallest absolute Gasteiger partial charge is 0.164 e. The molecule has 1 aromatic heterocycles. The van der Waals surface area contributed by atoms with Crippen LogP contribution in [0.5, 0.6) is 11.5 Å². The Bertz CT molecular complexity index is 1160. The average molecular weight is 512 g/mol. The molecule has 2 fully saturated rings. The molecule has 0 spiro atoms. The summed E-state index contributed by atoms with van der Waals surface area (Å²) in [5, 5.41) is 3.39. The lowest BCUT2D eigenvalue weighted by atomic mass is 10.1. The number of fused-ring (bicyclic) bond motifs is 2. The van der Waals surface area contributed by atoms with Crippen LogP contribution >= 0.6 is 15.9 Å². The fourth-order valence-corrected chi connectivity index (χ4v) is 4.38. The predicted molar refractivity (Wildman–Crippen MR) is 112 cm³/mol. The van der Waals surface area contributed by atoms with E-state index in [0.717, 1.165) is 12.1 Å². The summed E-state index contributed by atoms with van der Waals surface area (Å²) < 4.78 is 64.2. The Kier molecular flexibility index (Phi) is 5.56. The van der Waals surface area contributed by atoms with Gasteiger partial charge >= 0.3 is 0 Å². The molecule has 0 amide bonds. The van der Waals surface area contributed by atoms with Gasteiger partial charge in [0.05, 0.1) is 31.5 Å². The van der Waals surface area contributed by atoms with Crippen molar-refractivity contribution in [2.75, 3.05) is 25.6 Å². The summed E-state index contributed by atoms with van der Waals surface area (Å²) in [5.41, 5.74) is 0.516. The van der Waals surface area contributed by atoms with E-state index < -0.39 is 36.1 Å². The first-order chi connectivity index (χ1) is 15.4. The average Bonchev–Trinajstić information content (AvgIpc) is 3.33. The van der Waals surface area contributed by atoms with E-state index >= 15 is 0 Å². The molecule has 0 saturated carbocycles. The van der Waals surface area contributed by atoms with Gasteiger partial charge < -0.3 is 24.3 Å². The molecule has 1 N–H and O–H groups in total.